The first kappa shape index (κ1) is 14.8. The third kappa shape index (κ3) is 2.96. The Kier molecular flexibility index (Phi) is 3.89. The second-order valence-electron chi connectivity index (χ2n) is 4.00. The van der Waals surface area contributed by atoms with Crippen molar-refractivity contribution in [3.05, 3.63) is 29.8 Å². The first-order valence-electron chi connectivity index (χ1n) is 4.75. The van der Waals surface area contributed by atoms with E-state index in [0.717, 1.165) is 0 Å². The SMILES string of the molecule is CC(O)(c1ccccc1[Si](C)(Cl)Cl)C(F)(F)F. The van der Waals surface area contributed by atoms with E-state index >= 15 is 0 Å². The second-order valence-corrected chi connectivity index (χ2v) is 11.4. The second kappa shape index (κ2) is 4.46. The molecule has 1 nitrogen and oxygen atoms in total. The van der Waals surface area contributed by atoms with E-state index in [1.807, 2.05) is 0 Å². The van der Waals surface area contributed by atoms with Crippen LogP contribution in [0.1, 0.15) is 12.5 Å². The minimum atomic E-state index is -4.78. The molecule has 0 aliphatic carbocycles. The molecule has 0 aromatic heterocycles. The molecule has 0 radical (unpaired) electrons. The van der Waals surface area contributed by atoms with Crippen LogP contribution in [0, 0.1) is 0 Å². The van der Waals surface area contributed by atoms with E-state index in [9.17, 15) is 18.3 Å². The summed E-state index contributed by atoms with van der Waals surface area (Å²) in [6, 6.07) is 5.56. The Bertz CT molecular complexity index is 413. The van der Waals surface area contributed by atoms with Crippen LogP contribution in [-0.4, -0.2) is 18.0 Å². The summed E-state index contributed by atoms with van der Waals surface area (Å²) in [6.45, 7) is -0.800. The zero-order valence-corrected chi connectivity index (χ0v) is 11.7. The number of benzene rings is 1. The molecule has 1 rings (SSSR count). The molecule has 0 heterocycles. The van der Waals surface area contributed by atoms with Crippen molar-refractivity contribution < 1.29 is 18.3 Å². The van der Waals surface area contributed by atoms with Gasteiger partial charge in [-0.25, -0.2) is 0 Å². The molecule has 0 fully saturated rings. The van der Waals surface area contributed by atoms with Gasteiger partial charge < -0.3 is 5.11 Å². The molecule has 96 valence electrons. The fourth-order valence-electron chi connectivity index (χ4n) is 1.44. The van der Waals surface area contributed by atoms with E-state index in [1.165, 1.54) is 24.7 Å². The van der Waals surface area contributed by atoms with Gasteiger partial charge in [0, 0.05) is 0 Å². The monoisotopic (exact) mass is 302 g/mol. The molecule has 1 atom stereocenters. The average Bonchev–Trinajstić information content (AvgIpc) is 2.14. The van der Waals surface area contributed by atoms with Crippen LogP contribution >= 0.6 is 22.2 Å². The van der Waals surface area contributed by atoms with E-state index in [-0.39, 0.29) is 10.8 Å². The summed E-state index contributed by atoms with van der Waals surface area (Å²) in [5, 5.41) is 9.82. The van der Waals surface area contributed by atoms with Crippen LogP contribution < -0.4 is 5.19 Å². The molecule has 7 heteroatoms. The molecule has 1 aromatic carbocycles. The molecular weight excluding hydrogens is 292 g/mol. The molecule has 0 saturated carbocycles. The standard InChI is InChI=1S/C10H11Cl2F3OSi/c1-9(16,10(13,14)15)7-5-3-4-6-8(7)17(2,11)12/h3-6,16H,1-2H3. The van der Waals surface area contributed by atoms with Crippen molar-refractivity contribution in [1.82, 2.24) is 0 Å². The van der Waals surface area contributed by atoms with Crippen molar-refractivity contribution in [3.8, 4) is 0 Å². The molecule has 17 heavy (non-hydrogen) atoms. The van der Waals surface area contributed by atoms with Crippen LogP contribution in [0.4, 0.5) is 13.2 Å². The summed E-state index contributed by atoms with van der Waals surface area (Å²) < 4.78 is 38.3. The van der Waals surface area contributed by atoms with Gasteiger partial charge in [0.1, 0.15) is 0 Å². The topological polar surface area (TPSA) is 20.2 Å². The van der Waals surface area contributed by atoms with E-state index < -0.39 is 18.5 Å². The van der Waals surface area contributed by atoms with Crippen LogP contribution in [0.5, 0.6) is 0 Å². The molecule has 1 unspecified atom stereocenters. The highest BCUT2D eigenvalue weighted by Gasteiger charge is 2.53. The highest BCUT2D eigenvalue weighted by Crippen LogP contribution is 2.38. The Morgan fingerprint density at radius 3 is 2.06 bits per heavy atom. The Labute approximate surface area is 108 Å². The summed E-state index contributed by atoms with van der Waals surface area (Å²) in [5.41, 5.74) is -3.24. The predicted octanol–water partition coefficient (Wildman–Crippen LogP) is 3.21. The normalized spacial score (nSPS) is 16.7. The molecule has 0 aliphatic rings. The molecule has 0 amide bonds. The van der Waals surface area contributed by atoms with Gasteiger partial charge in [-0.3, -0.25) is 0 Å². The molecule has 1 N–H and O–H groups in total. The Hall–Kier alpha value is -0.233. The highest BCUT2D eigenvalue weighted by atomic mass is 35.7. The van der Waals surface area contributed by atoms with Gasteiger partial charge in [-0.15, -0.1) is 22.2 Å². The molecular formula is C10H11Cl2F3OSi. The maximum absolute atomic E-state index is 12.8. The molecule has 0 saturated heterocycles. The molecule has 1 aromatic rings. The summed E-state index contributed by atoms with van der Waals surface area (Å²) in [4.78, 5) is 0. The fourth-order valence-corrected chi connectivity index (χ4v) is 3.62. The first-order valence-corrected chi connectivity index (χ1v) is 9.27. The van der Waals surface area contributed by atoms with E-state index in [4.69, 9.17) is 22.2 Å². The van der Waals surface area contributed by atoms with Gasteiger partial charge in [-0.1, -0.05) is 24.3 Å². The lowest BCUT2D eigenvalue weighted by atomic mass is 9.95. The van der Waals surface area contributed by atoms with Gasteiger partial charge in [0.25, 0.3) is 6.69 Å². The van der Waals surface area contributed by atoms with E-state index in [2.05, 4.69) is 0 Å². The number of aliphatic hydroxyl groups is 1. The molecule has 0 aliphatic heterocycles. The predicted molar refractivity (Wildman–Crippen MR) is 65.0 cm³/mol. The lowest BCUT2D eigenvalue weighted by Crippen LogP contribution is -2.47. The van der Waals surface area contributed by atoms with Crippen LogP contribution in [0.15, 0.2) is 24.3 Å². The maximum Gasteiger partial charge on any atom is 0.421 e. The fraction of sp³-hybridized carbons (Fsp3) is 0.400. The summed E-state index contributed by atoms with van der Waals surface area (Å²) in [5.74, 6) is 0. The number of alkyl halides is 3. The smallest absolute Gasteiger partial charge is 0.376 e. The zero-order valence-electron chi connectivity index (χ0n) is 9.15. The Morgan fingerprint density at radius 1 is 1.18 bits per heavy atom. The zero-order chi connectivity index (χ0) is 13.5. The summed E-state index contributed by atoms with van der Waals surface area (Å²) in [7, 11) is 0. The van der Waals surface area contributed by atoms with Crippen LogP contribution in [0.25, 0.3) is 0 Å². The summed E-state index contributed by atoms with van der Waals surface area (Å²) >= 11 is 11.9. The van der Waals surface area contributed by atoms with E-state index in [1.54, 1.807) is 6.07 Å². The van der Waals surface area contributed by atoms with Crippen molar-refractivity contribution in [3.63, 3.8) is 0 Å². The van der Waals surface area contributed by atoms with Gasteiger partial charge in [-0.2, -0.15) is 13.2 Å². The number of hydrogen-bond acceptors (Lipinski definition) is 1. The van der Waals surface area contributed by atoms with Crippen molar-refractivity contribution >= 4 is 34.0 Å². The van der Waals surface area contributed by atoms with Gasteiger partial charge in [0.2, 0.25) is 0 Å². The van der Waals surface area contributed by atoms with Crippen LogP contribution in [-0.2, 0) is 5.60 Å². The molecule has 0 spiro atoms. The highest BCUT2D eigenvalue weighted by molar-refractivity contribution is 7.50. The van der Waals surface area contributed by atoms with Gasteiger partial charge in [0.05, 0.1) is 0 Å². The summed E-state index contributed by atoms with van der Waals surface area (Å²) in [6.07, 6.45) is -4.78. The van der Waals surface area contributed by atoms with Crippen molar-refractivity contribution in [1.29, 1.82) is 0 Å². The Morgan fingerprint density at radius 2 is 1.65 bits per heavy atom. The minimum Gasteiger partial charge on any atom is -0.376 e. The third-order valence-corrected chi connectivity index (χ3v) is 5.08. The lowest BCUT2D eigenvalue weighted by Gasteiger charge is -2.30. The quantitative estimate of drug-likeness (QED) is 0.657. The van der Waals surface area contributed by atoms with Gasteiger partial charge >= 0.3 is 6.18 Å². The van der Waals surface area contributed by atoms with Crippen molar-refractivity contribution in [2.24, 2.45) is 0 Å². The third-order valence-electron chi connectivity index (χ3n) is 2.48. The van der Waals surface area contributed by atoms with Crippen molar-refractivity contribution in [2.45, 2.75) is 25.2 Å². The van der Waals surface area contributed by atoms with Gasteiger partial charge in [0.15, 0.2) is 5.60 Å². The number of hydrogen-bond donors (Lipinski definition) is 1. The van der Waals surface area contributed by atoms with E-state index in [0.29, 0.717) is 6.92 Å². The van der Waals surface area contributed by atoms with Crippen molar-refractivity contribution in [2.75, 3.05) is 0 Å². The molecule has 0 bridgehead atoms. The minimum absolute atomic E-state index is 0.172. The number of halogens is 5. The lowest BCUT2D eigenvalue weighted by molar-refractivity contribution is -0.258. The largest absolute Gasteiger partial charge is 0.421 e. The van der Waals surface area contributed by atoms with Crippen LogP contribution in [0.3, 0.4) is 0 Å². The first-order chi connectivity index (χ1) is 7.48. The van der Waals surface area contributed by atoms with Crippen LogP contribution in [0.2, 0.25) is 6.55 Å². The van der Waals surface area contributed by atoms with Gasteiger partial charge in [-0.05, 0) is 24.2 Å². The Balaban J connectivity index is 3.43. The maximum atomic E-state index is 12.8. The number of rotatable bonds is 2. The average molecular weight is 303 g/mol.